The lowest BCUT2D eigenvalue weighted by molar-refractivity contribution is 0.479. The van der Waals surface area contributed by atoms with Crippen molar-refractivity contribution in [1.29, 1.82) is 0 Å². The molecule has 0 saturated heterocycles. The molecule has 18 heavy (non-hydrogen) atoms. The van der Waals surface area contributed by atoms with Gasteiger partial charge in [-0.2, -0.15) is 0 Å². The second-order valence-corrected chi connectivity index (χ2v) is 4.98. The van der Waals surface area contributed by atoms with E-state index in [1.807, 2.05) is 0 Å². The van der Waals surface area contributed by atoms with Crippen LogP contribution in [0.5, 0.6) is 0 Å². The van der Waals surface area contributed by atoms with Gasteiger partial charge in [0.2, 0.25) is 0 Å². The number of hydrogen-bond donors (Lipinski definition) is 1. The standard InChI is InChI=1S/C14H18F3N/c15-11-7-12(16)14(13(17)8-11)18-9-10-5-3-1-2-4-6-10/h7-8,10,18H,1-6,9H2. The van der Waals surface area contributed by atoms with Crippen LogP contribution in [0.4, 0.5) is 18.9 Å². The minimum atomic E-state index is -0.884. The van der Waals surface area contributed by atoms with Crippen molar-refractivity contribution in [2.24, 2.45) is 5.92 Å². The van der Waals surface area contributed by atoms with Gasteiger partial charge in [0.1, 0.15) is 11.5 Å². The maximum Gasteiger partial charge on any atom is 0.152 e. The van der Waals surface area contributed by atoms with E-state index in [-0.39, 0.29) is 5.69 Å². The van der Waals surface area contributed by atoms with Gasteiger partial charge in [-0.05, 0) is 18.8 Å². The number of rotatable bonds is 3. The smallest absolute Gasteiger partial charge is 0.152 e. The van der Waals surface area contributed by atoms with E-state index < -0.39 is 17.5 Å². The summed E-state index contributed by atoms with van der Waals surface area (Å²) in [7, 11) is 0. The number of nitrogens with one attached hydrogen (secondary N) is 1. The highest BCUT2D eigenvalue weighted by atomic mass is 19.1. The van der Waals surface area contributed by atoms with Crippen LogP contribution >= 0.6 is 0 Å². The fraction of sp³-hybridized carbons (Fsp3) is 0.571. The third-order valence-electron chi connectivity index (χ3n) is 3.55. The Morgan fingerprint density at radius 2 is 1.50 bits per heavy atom. The molecule has 100 valence electrons. The highest BCUT2D eigenvalue weighted by molar-refractivity contribution is 5.46. The Labute approximate surface area is 105 Å². The molecule has 0 radical (unpaired) electrons. The summed E-state index contributed by atoms with van der Waals surface area (Å²) in [4.78, 5) is 0. The van der Waals surface area contributed by atoms with Crippen LogP contribution in [0.25, 0.3) is 0 Å². The molecule has 1 N–H and O–H groups in total. The van der Waals surface area contributed by atoms with E-state index in [1.165, 1.54) is 25.7 Å². The van der Waals surface area contributed by atoms with Gasteiger partial charge in [-0.15, -0.1) is 0 Å². The summed E-state index contributed by atoms with van der Waals surface area (Å²) >= 11 is 0. The summed E-state index contributed by atoms with van der Waals surface area (Å²) in [5, 5.41) is 2.79. The van der Waals surface area contributed by atoms with E-state index in [1.54, 1.807) is 0 Å². The highest BCUT2D eigenvalue weighted by Gasteiger charge is 2.15. The average Bonchev–Trinajstić information content (AvgIpc) is 2.56. The number of halogens is 3. The fourth-order valence-corrected chi connectivity index (χ4v) is 2.53. The summed E-state index contributed by atoms with van der Waals surface area (Å²) in [6.07, 6.45) is 7.04. The minimum absolute atomic E-state index is 0.208. The average molecular weight is 257 g/mol. The molecule has 0 bridgehead atoms. The monoisotopic (exact) mass is 257 g/mol. The molecule has 1 fully saturated rings. The van der Waals surface area contributed by atoms with E-state index in [4.69, 9.17) is 0 Å². The summed E-state index contributed by atoms with van der Waals surface area (Å²) in [5.74, 6) is -2.15. The molecule has 1 aliphatic rings. The molecule has 0 heterocycles. The van der Waals surface area contributed by atoms with Gasteiger partial charge < -0.3 is 5.32 Å². The fourth-order valence-electron chi connectivity index (χ4n) is 2.53. The Balaban J connectivity index is 1.97. The van der Waals surface area contributed by atoms with Crippen molar-refractivity contribution < 1.29 is 13.2 Å². The lowest BCUT2D eigenvalue weighted by atomic mass is 10.0. The van der Waals surface area contributed by atoms with Gasteiger partial charge in [0, 0.05) is 18.7 Å². The second-order valence-electron chi connectivity index (χ2n) is 4.98. The third kappa shape index (κ3) is 3.40. The first-order valence-electron chi connectivity index (χ1n) is 6.55. The molecular weight excluding hydrogens is 239 g/mol. The molecule has 0 spiro atoms. The number of benzene rings is 1. The molecule has 1 nitrogen and oxygen atoms in total. The van der Waals surface area contributed by atoms with Crippen molar-refractivity contribution >= 4 is 5.69 Å². The largest absolute Gasteiger partial charge is 0.380 e. The van der Waals surface area contributed by atoms with Crippen molar-refractivity contribution in [3.8, 4) is 0 Å². The SMILES string of the molecule is Fc1cc(F)c(NCC2CCCCCC2)c(F)c1. The zero-order valence-corrected chi connectivity index (χ0v) is 10.3. The Morgan fingerprint density at radius 1 is 0.944 bits per heavy atom. The van der Waals surface area contributed by atoms with Crippen LogP contribution < -0.4 is 5.32 Å². The van der Waals surface area contributed by atoms with Crippen LogP contribution in [0.15, 0.2) is 12.1 Å². The zero-order chi connectivity index (χ0) is 13.0. The van der Waals surface area contributed by atoms with Crippen molar-refractivity contribution in [1.82, 2.24) is 0 Å². The Hall–Kier alpha value is -1.19. The summed E-state index contributed by atoms with van der Waals surface area (Å²) in [6, 6.07) is 1.41. The molecule has 0 aromatic heterocycles. The second kappa shape index (κ2) is 6.12. The first kappa shape index (κ1) is 13.2. The van der Waals surface area contributed by atoms with Gasteiger partial charge >= 0.3 is 0 Å². The lowest BCUT2D eigenvalue weighted by Gasteiger charge is -2.16. The molecule has 1 aromatic carbocycles. The molecule has 0 aliphatic heterocycles. The van der Waals surface area contributed by atoms with Gasteiger partial charge in [0.25, 0.3) is 0 Å². The lowest BCUT2D eigenvalue weighted by Crippen LogP contribution is -2.15. The number of hydrogen-bond acceptors (Lipinski definition) is 1. The maximum atomic E-state index is 13.4. The van der Waals surface area contributed by atoms with Gasteiger partial charge in [0.05, 0.1) is 0 Å². The zero-order valence-electron chi connectivity index (χ0n) is 10.3. The van der Waals surface area contributed by atoms with Gasteiger partial charge in [0.15, 0.2) is 11.6 Å². The molecule has 0 atom stereocenters. The Kier molecular flexibility index (Phi) is 4.50. The quantitative estimate of drug-likeness (QED) is 0.787. The van der Waals surface area contributed by atoms with Crippen LogP contribution in [0.3, 0.4) is 0 Å². The first-order valence-corrected chi connectivity index (χ1v) is 6.55. The molecule has 1 aromatic rings. The Bertz CT molecular complexity index is 375. The van der Waals surface area contributed by atoms with Crippen LogP contribution in [-0.4, -0.2) is 6.54 Å². The van der Waals surface area contributed by atoms with Crippen molar-refractivity contribution in [2.75, 3.05) is 11.9 Å². The van der Waals surface area contributed by atoms with E-state index >= 15 is 0 Å². The normalized spacial score (nSPS) is 17.5. The summed E-state index contributed by atoms with van der Waals surface area (Å²) in [6.45, 7) is 0.555. The molecule has 0 amide bonds. The third-order valence-corrected chi connectivity index (χ3v) is 3.55. The van der Waals surface area contributed by atoms with Crippen LogP contribution in [-0.2, 0) is 0 Å². The van der Waals surface area contributed by atoms with Crippen LogP contribution in [0, 0.1) is 23.4 Å². The van der Waals surface area contributed by atoms with Crippen LogP contribution in [0.2, 0.25) is 0 Å². The molecule has 4 heteroatoms. The maximum absolute atomic E-state index is 13.4. The van der Waals surface area contributed by atoms with Crippen molar-refractivity contribution in [2.45, 2.75) is 38.5 Å². The summed E-state index contributed by atoms with van der Waals surface area (Å²) < 4.78 is 39.6. The van der Waals surface area contributed by atoms with E-state index in [2.05, 4.69) is 5.32 Å². The molecule has 2 rings (SSSR count). The van der Waals surface area contributed by atoms with E-state index in [0.717, 1.165) is 12.8 Å². The van der Waals surface area contributed by atoms with Gasteiger partial charge in [-0.25, -0.2) is 13.2 Å². The Morgan fingerprint density at radius 3 is 2.06 bits per heavy atom. The first-order chi connectivity index (χ1) is 8.66. The number of anilines is 1. The highest BCUT2D eigenvalue weighted by Crippen LogP contribution is 2.25. The van der Waals surface area contributed by atoms with Crippen molar-refractivity contribution in [3.05, 3.63) is 29.6 Å². The minimum Gasteiger partial charge on any atom is -0.380 e. The molecule has 1 aliphatic carbocycles. The van der Waals surface area contributed by atoms with Crippen molar-refractivity contribution in [3.63, 3.8) is 0 Å². The van der Waals surface area contributed by atoms with E-state index in [0.29, 0.717) is 24.6 Å². The molecule has 0 unspecified atom stereocenters. The van der Waals surface area contributed by atoms with E-state index in [9.17, 15) is 13.2 Å². The predicted molar refractivity (Wildman–Crippen MR) is 66.0 cm³/mol. The molecule has 1 saturated carbocycles. The van der Waals surface area contributed by atoms with Gasteiger partial charge in [-0.1, -0.05) is 25.7 Å². The molecular formula is C14H18F3N. The topological polar surface area (TPSA) is 12.0 Å². The predicted octanol–water partition coefficient (Wildman–Crippen LogP) is 4.49. The van der Waals surface area contributed by atoms with Gasteiger partial charge in [-0.3, -0.25) is 0 Å². The summed E-state index contributed by atoms with van der Waals surface area (Å²) in [5.41, 5.74) is -0.208. The van der Waals surface area contributed by atoms with Crippen LogP contribution in [0.1, 0.15) is 38.5 Å².